The van der Waals surface area contributed by atoms with Gasteiger partial charge in [0, 0.05) is 28.0 Å². The van der Waals surface area contributed by atoms with Gasteiger partial charge in [-0.05, 0) is 35.2 Å². The molecule has 1 nitrogen and oxygen atoms in total. The van der Waals surface area contributed by atoms with Crippen LogP contribution >= 0.6 is 38.9 Å². The van der Waals surface area contributed by atoms with Gasteiger partial charge in [-0.2, -0.15) is 0 Å². The third-order valence-electron chi connectivity index (χ3n) is 2.57. The Hall–Kier alpha value is -0.510. The Morgan fingerprint density at radius 3 is 2.82 bits per heavy atom. The molecule has 0 aliphatic rings. The standard InChI is InChI=1S/C13H13BrClNS/c1-16(9-12-3-2-6-17-12)13-5-4-11(15)7-10(13)8-14/h2-7H,8-9H2,1H3. The van der Waals surface area contributed by atoms with Crippen molar-refractivity contribution in [3.05, 3.63) is 51.2 Å². The van der Waals surface area contributed by atoms with Crippen LogP contribution in [0, 0.1) is 0 Å². The minimum absolute atomic E-state index is 0.785. The second-order valence-corrected chi connectivity index (χ2v) is 5.87. The average Bonchev–Trinajstić information content (AvgIpc) is 2.81. The number of anilines is 1. The first-order valence-corrected chi connectivity index (χ1v) is 7.66. The van der Waals surface area contributed by atoms with Gasteiger partial charge in [-0.1, -0.05) is 33.6 Å². The van der Waals surface area contributed by atoms with Gasteiger partial charge in [-0.25, -0.2) is 0 Å². The van der Waals surface area contributed by atoms with Gasteiger partial charge >= 0.3 is 0 Å². The fraction of sp³-hybridized carbons (Fsp3) is 0.231. The van der Waals surface area contributed by atoms with Crippen molar-refractivity contribution in [1.29, 1.82) is 0 Å². The Morgan fingerprint density at radius 1 is 1.35 bits per heavy atom. The van der Waals surface area contributed by atoms with Gasteiger partial charge in [0.2, 0.25) is 0 Å². The number of alkyl halides is 1. The van der Waals surface area contributed by atoms with Crippen LogP contribution in [0.25, 0.3) is 0 Å². The van der Waals surface area contributed by atoms with E-state index < -0.39 is 0 Å². The number of thiophene rings is 1. The van der Waals surface area contributed by atoms with Crippen molar-refractivity contribution >= 4 is 44.6 Å². The highest BCUT2D eigenvalue weighted by atomic mass is 79.9. The Balaban J connectivity index is 2.21. The van der Waals surface area contributed by atoms with Crippen molar-refractivity contribution in [2.45, 2.75) is 11.9 Å². The molecule has 90 valence electrons. The van der Waals surface area contributed by atoms with E-state index in [1.165, 1.54) is 16.1 Å². The first-order valence-electron chi connectivity index (χ1n) is 5.28. The minimum Gasteiger partial charge on any atom is -0.369 e. The summed E-state index contributed by atoms with van der Waals surface area (Å²) in [5.41, 5.74) is 2.44. The summed E-state index contributed by atoms with van der Waals surface area (Å²) in [6.07, 6.45) is 0. The Kier molecular flexibility index (Phi) is 4.48. The normalized spacial score (nSPS) is 10.5. The van der Waals surface area contributed by atoms with Crippen molar-refractivity contribution in [3.63, 3.8) is 0 Å². The van der Waals surface area contributed by atoms with E-state index in [-0.39, 0.29) is 0 Å². The second kappa shape index (κ2) is 5.89. The summed E-state index contributed by atoms with van der Waals surface area (Å²) in [5.74, 6) is 0. The van der Waals surface area contributed by atoms with E-state index in [0.717, 1.165) is 16.9 Å². The first kappa shape index (κ1) is 12.9. The molecule has 0 spiro atoms. The van der Waals surface area contributed by atoms with Gasteiger partial charge < -0.3 is 4.90 Å². The van der Waals surface area contributed by atoms with Crippen LogP contribution in [0.3, 0.4) is 0 Å². The molecule has 4 heteroatoms. The molecule has 17 heavy (non-hydrogen) atoms. The second-order valence-electron chi connectivity index (χ2n) is 3.84. The third-order valence-corrected chi connectivity index (χ3v) is 4.27. The number of nitrogens with zero attached hydrogens (tertiary/aromatic N) is 1. The predicted octanol–water partition coefficient (Wildman–Crippen LogP) is 4.93. The Bertz CT molecular complexity index is 484. The molecule has 0 saturated carbocycles. The van der Waals surface area contributed by atoms with Crippen LogP contribution in [0.5, 0.6) is 0 Å². The highest BCUT2D eigenvalue weighted by Gasteiger charge is 2.08. The summed E-state index contributed by atoms with van der Waals surface area (Å²) in [5, 5.41) is 3.71. The molecule has 0 radical (unpaired) electrons. The summed E-state index contributed by atoms with van der Waals surface area (Å²) in [4.78, 5) is 3.61. The smallest absolute Gasteiger partial charge is 0.0519 e. The van der Waals surface area contributed by atoms with Gasteiger partial charge in [0.25, 0.3) is 0 Å². The summed E-state index contributed by atoms with van der Waals surface area (Å²) in [7, 11) is 2.11. The fourth-order valence-corrected chi connectivity index (χ4v) is 3.16. The highest BCUT2D eigenvalue weighted by molar-refractivity contribution is 9.08. The number of benzene rings is 1. The van der Waals surface area contributed by atoms with E-state index in [1.807, 2.05) is 12.1 Å². The molecule has 1 heterocycles. The molecular weight excluding hydrogens is 318 g/mol. The van der Waals surface area contributed by atoms with E-state index in [9.17, 15) is 0 Å². The largest absolute Gasteiger partial charge is 0.369 e. The third kappa shape index (κ3) is 3.24. The van der Waals surface area contributed by atoms with Gasteiger partial charge in [0.15, 0.2) is 0 Å². The topological polar surface area (TPSA) is 3.24 Å². The monoisotopic (exact) mass is 329 g/mol. The zero-order chi connectivity index (χ0) is 12.3. The molecule has 2 aromatic rings. The molecular formula is C13H13BrClNS. The Labute approximate surface area is 119 Å². The van der Waals surface area contributed by atoms with Crippen molar-refractivity contribution in [2.24, 2.45) is 0 Å². The number of hydrogen-bond donors (Lipinski definition) is 0. The molecule has 0 atom stereocenters. The molecule has 1 aromatic carbocycles. The molecule has 0 fully saturated rings. The summed E-state index contributed by atoms with van der Waals surface area (Å²) in [6, 6.07) is 10.3. The van der Waals surface area contributed by atoms with E-state index in [1.54, 1.807) is 11.3 Å². The van der Waals surface area contributed by atoms with Crippen LogP contribution in [0.15, 0.2) is 35.7 Å². The molecule has 0 aliphatic heterocycles. The van der Waals surface area contributed by atoms with Crippen molar-refractivity contribution < 1.29 is 0 Å². The van der Waals surface area contributed by atoms with Gasteiger partial charge in [0.05, 0.1) is 6.54 Å². The number of rotatable bonds is 4. The van der Waals surface area contributed by atoms with Gasteiger partial charge in [-0.15, -0.1) is 11.3 Å². The van der Waals surface area contributed by atoms with E-state index in [4.69, 9.17) is 11.6 Å². The van der Waals surface area contributed by atoms with Crippen molar-refractivity contribution in [2.75, 3.05) is 11.9 Å². The molecule has 0 bridgehead atoms. The van der Waals surface area contributed by atoms with Crippen LogP contribution in [0.2, 0.25) is 5.02 Å². The maximum atomic E-state index is 6.01. The summed E-state index contributed by atoms with van der Waals surface area (Å²) >= 11 is 11.3. The lowest BCUT2D eigenvalue weighted by Crippen LogP contribution is -2.16. The Morgan fingerprint density at radius 2 is 2.18 bits per heavy atom. The lowest BCUT2D eigenvalue weighted by molar-refractivity contribution is 0.933. The zero-order valence-electron chi connectivity index (χ0n) is 9.49. The lowest BCUT2D eigenvalue weighted by Gasteiger charge is -2.21. The minimum atomic E-state index is 0.785. The van der Waals surface area contributed by atoms with Crippen LogP contribution in [0.4, 0.5) is 5.69 Å². The summed E-state index contributed by atoms with van der Waals surface area (Å²) in [6.45, 7) is 0.930. The highest BCUT2D eigenvalue weighted by Crippen LogP contribution is 2.27. The number of halogens is 2. The average molecular weight is 331 g/mol. The van der Waals surface area contributed by atoms with Crippen molar-refractivity contribution in [1.82, 2.24) is 0 Å². The molecule has 0 unspecified atom stereocenters. The van der Waals surface area contributed by atoms with E-state index in [0.29, 0.717) is 0 Å². The van der Waals surface area contributed by atoms with Crippen LogP contribution in [-0.2, 0) is 11.9 Å². The van der Waals surface area contributed by atoms with Gasteiger partial charge in [0.1, 0.15) is 0 Å². The SMILES string of the molecule is CN(Cc1cccs1)c1ccc(Cl)cc1CBr. The van der Waals surface area contributed by atoms with Crippen LogP contribution in [0.1, 0.15) is 10.4 Å². The zero-order valence-corrected chi connectivity index (χ0v) is 12.6. The molecule has 2 rings (SSSR count). The van der Waals surface area contributed by atoms with E-state index >= 15 is 0 Å². The molecule has 0 N–H and O–H groups in total. The maximum Gasteiger partial charge on any atom is 0.0519 e. The van der Waals surface area contributed by atoms with Crippen LogP contribution in [-0.4, -0.2) is 7.05 Å². The molecule has 0 saturated heterocycles. The number of hydrogen-bond acceptors (Lipinski definition) is 2. The van der Waals surface area contributed by atoms with Crippen molar-refractivity contribution in [3.8, 4) is 0 Å². The molecule has 1 aromatic heterocycles. The van der Waals surface area contributed by atoms with E-state index in [2.05, 4.69) is 51.5 Å². The summed E-state index contributed by atoms with van der Waals surface area (Å²) < 4.78 is 0. The quantitative estimate of drug-likeness (QED) is 0.718. The maximum absolute atomic E-state index is 6.01. The fourth-order valence-electron chi connectivity index (χ4n) is 1.75. The molecule has 0 aliphatic carbocycles. The van der Waals surface area contributed by atoms with Gasteiger partial charge in [-0.3, -0.25) is 0 Å². The molecule has 0 amide bonds. The van der Waals surface area contributed by atoms with Crippen LogP contribution < -0.4 is 4.90 Å². The first-order chi connectivity index (χ1) is 8.20. The predicted molar refractivity (Wildman–Crippen MR) is 80.5 cm³/mol. The lowest BCUT2D eigenvalue weighted by atomic mass is 10.2.